The molecule has 30 heavy (non-hydrogen) atoms. The van der Waals surface area contributed by atoms with E-state index >= 15 is 0 Å². The third kappa shape index (κ3) is 4.38. The van der Waals surface area contributed by atoms with Crippen molar-refractivity contribution in [2.75, 3.05) is 11.9 Å². The average molecular weight is 462 g/mol. The summed E-state index contributed by atoms with van der Waals surface area (Å²) in [6, 6.07) is 16.0. The SMILES string of the molecule is Cc1ccc(-c2nc3ccccc3o2)cc1NC(=O)COc1cc(Cl)c(Cl)cc1Cl. The number of hydrogen-bond donors (Lipinski definition) is 1. The molecule has 0 bridgehead atoms. The molecule has 5 nitrogen and oxygen atoms in total. The summed E-state index contributed by atoms with van der Waals surface area (Å²) >= 11 is 17.9. The molecule has 0 saturated carbocycles. The fraction of sp³-hybridized carbons (Fsp3) is 0.0909. The number of carbonyl (C=O) groups excluding carboxylic acids is 1. The first-order valence-corrected chi connectivity index (χ1v) is 10.1. The van der Waals surface area contributed by atoms with Crippen molar-refractivity contribution < 1.29 is 13.9 Å². The number of amides is 1. The number of halogens is 3. The minimum Gasteiger partial charge on any atom is -0.482 e. The van der Waals surface area contributed by atoms with Crippen molar-refractivity contribution >= 4 is 57.5 Å². The molecule has 0 spiro atoms. The summed E-state index contributed by atoms with van der Waals surface area (Å²) in [5.74, 6) is 0.402. The Hall–Kier alpha value is -2.73. The lowest BCUT2D eigenvalue weighted by atomic mass is 10.1. The predicted octanol–water partition coefficient (Wildman–Crippen LogP) is 6.78. The molecule has 4 aromatic rings. The standard InChI is InChI=1S/C22H15Cl3N2O3/c1-12-6-7-13(22-27-17-4-2-3-5-19(17)30-22)8-18(12)26-21(28)11-29-20-10-15(24)14(23)9-16(20)25/h2-10H,11H2,1H3,(H,26,28). The molecular weight excluding hydrogens is 447 g/mol. The first-order chi connectivity index (χ1) is 14.4. The van der Waals surface area contributed by atoms with Gasteiger partial charge in [0.05, 0.1) is 15.1 Å². The number of carbonyl (C=O) groups is 1. The molecule has 0 saturated heterocycles. The third-order valence-electron chi connectivity index (χ3n) is 4.39. The van der Waals surface area contributed by atoms with Crippen molar-refractivity contribution in [1.82, 2.24) is 4.98 Å². The maximum absolute atomic E-state index is 12.4. The zero-order chi connectivity index (χ0) is 21.3. The number of aromatic nitrogens is 1. The number of aryl methyl sites for hydroxylation is 1. The van der Waals surface area contributed by atoms with E-state index < -0.39 is 0 Å². The van der Waals surface area contributed by atoms with Crippen LogP contribution in [-0.2, 0) is 4.79 Å². The molecular formula is C22H15Cl3N2O3. The van der Waals surface area contributed by atoms with Crippen LogP contribution in [0, 0.1) is 6.92 Å². The number of oxazole rings is 1. The van der Waals surface area contributed by atoms with Gasteiger partial charge in [0.15, 0.2) is 12.2 Å². The first kappa shape index (κ1) is 20.5. The van der Waals surface area contributed by atoms with Crippen LogP contribution < -0.4 is 10.1 Å². The van der Waals surface area contributed by atoms with E-state index in [4.69, 9.17) is 44.0 Å². The number of nitrogens with zero attached hydrogens (tertiary/aromatic N) is 1. The van der Waals surface area contributed by atoms with Gasteiger partial charge in [-0.3, -0.25) is 4.79 Å². The number of hydrogen-bond acceptors (Lipinski definition) is 4. The molecule has 0 aliphatic carbocycles. The first-order valence-electron chi connectivity index (χ1n) is 8.94. The van der Waals surface area contributed by atoms with E-state index in [0.29, 0.717) is 27.2 Å². The fourth-order valence-corrected chi connectivity index (χ4v) is 3.42. The molecule has 4 rings (SSSR count). The predicted molar refractivity (Wildman–Crippen MR) is 120 cm³/mol. The van der Waals surface area contributed by atoms with Gasteiger partial charge in [-0.2, -0.15) is 0 Å². The Morgan fingerprint density at radius 3 is 2.60 bits per heavy atom. The maximum atomic E-state index is 12.4. The highest BCUT2D eigenvalue weighted by Crippen LogP contribution is 2.34. The summed E-state index contributed by atoms with van der Waals surface area (Å²) in [6.45, 7) is 1.65. The van der Waals surface area contributed by atoms with Gasteiger partial charge in [-0.1, -0.05) is 53.0 Å². The smallest absolute Gasteiger partial charge is 0.262 e. The largest absolute Gasteiger partial charge is 0.482 e. The van der Waals surface area contributed by atoms with Gasteiger partial charge >= 0.3 is 0 Å². The summed E-state index contributed by atoms with van der Waals surface area (Å²) < 4.78 is 11.3. The third-order valence-corrected chi connectivity index (χ3v) is 5.40. The molecule has 0 aliphatic rings. The molecule has 3 aromatic carbocycles. The molecule has 0 unspecified atom stereocenters. The summed E-state index contributed by atoms with van der Waals surface area (Å²) in [4.78, 5) is 16.9. The molecule has 0 radical (unpaired) electrons. The lowest BCUT2D eigenvalue weighted by molar-refractivity contribution is -0.118. The second kappa shape index (κ2) is 8.56. The molecule has 152 valence electrons. The quantitative estimate of drug-likeness (QED) is 0.333. The van der Waals surface area contributed by atoms with E-state index in [1.165, 1.54) is 12.1 Å². The Bertz CT molecular complexity index is 1220. The monoisotopic (exact) mass is 460 g/mol. The number of para-hydroxylation sites is 2. The molecule has 1 aromatic heterocycles. The van der Waals surface area contributed by atoms with Crippen LogP contribution >= 0.6 is 34.8 Å². The van der Waals surface area contributed by atoms with Crippen LogP contribution in [0.4, 0.5) is 5.69 Å². The number of nitrogens with one attached hydrogen (secondary N) is 1. The Morgan fingerprint density at radius 1 is 1.03 bits per heavy atom. The van der Waals surface area contributed by atoms with Crippen LogP contribution in [0.2, 0.25) is 15.1 Å². The lowest BCUT2D eigenvalue weighted by Crippen LogP contribution is -2.20. The number of benzene rings is 3. The van der Waals surface area contributed by atoms with Gasteiger partial charge in [-0.25, -0.2) is 4.98 Å². The van der Waals surface area contributed by atoms with Gasteiger partial charge in [0.25, 0.3) is 5.91 Å². The summed E-state index contributed by atoms with van der Waals surface area (Å²) in [6.07, 6.45) is 0. The summed E-state index contributed by atoms with van der Waals surface area (Å²) in [7, 11) is 0. The second-order valence-electron chi connectivity index (χ2n) is 6.55. The van der Waals surface area contributed by atoms with Gasteiger partial charge in [-0.05, 0) is 42.8 Å². The van der Waals surface area contributed by atoms with E-state index in [9.17, 15) is 4.79 Å². The van der Waals surface area contributed by atoms with Crippen molar-refractivity contribution in [3.05, 3.63) is 75.2 Å². The van der Waals surface area contributed by atoms with Gasteiger partial charge in [0.1, 0.15) is 11.3 Å². The normalized spacial score (nSPS) is 10.9. The zero-order valence-corrected chi connectivity index (χ0v) is 18.0. The second-order valence-corrected chi connectivity index (χ2v) is 7.77. The molecule has 1 amide bonds. The van der Waals surface area contributed by atoms with Crippen LogP contribution in [0.15, 0.2) is 59.0 Å². The highest BCUT2D eigenvalue weighted by molar-refractivity contribution is 6.43. The number of ether oxygens (including phenoxy) is 1. The van der Waals surface area contributed by atoms with Crippen molar-refractivity contribution in [3.8, 4) is 17.2 Å². The Balaban J connectivity index is 1.49. The molecule has 0 fully saturated rings. The number of rotatable bonds is 5. The van der Waals surface area contributed by atoms with Crippen molar-refractivity contribution in [3.63, 3.8) is 0 Å². The molecule has 1 heterocycles. The van der Waals surface area contributed by atoms with Gasteiger partial charge in [0.2, 0.25) is 5.89 Å². The lowest BCUT2D eigenvalue weighted by Gasteiger charge is -2.12. The van der Waals surface area contributed by atoms with E-state index in [0.717, 1.165) is 16.6 Å². The number of fused-ring (bicyclic) bond motifs is 1. The highest BCUT2D eigenvalue weighted by atomic mass is 35.5. The minimum atomic E-state index is -0.352. The zero-order valence-electron chi connectivity index (χ0n) is 15.7. The van der Waals surface area contributed by atoms with Gasteiger partial charge in [-0.15, -0.1) is 0 Å². The van der Waals surface area contributed by atoms with E-state index in [-0.39, 0.29) is 23.3 Å². The minimum absolute atomic E-state index is 0.246. The van der Waals surface area contributed by atoms with E-state index in [1.54, 1.807) is 0 Å². The van der Waals surface area contributed by atoms with Crippen molar-refractivity contribution in [2.24, 2.45) is 0 Å². The van der Waals surface area contributed by atoms with Crippen LogP contribution in [0.3, 0.4) is 0 Å². The van der Waals surface area contributed by atoms with Gasteiger partial charge < -0.3 is 14.5 Å². The number of anilines is 1. The summed E-state index contributed by atoms with van der Waals surface area (Å²) in [5.41, 5.74) is 3.73. The Labute approximate surface area is 187 Å². The van der Waals surface area contributed by atoms with Crippen molar-refractivity contribution in [1.29, 1.82) is 0 Å². The van der Waals surface area contributed by atoms with E-state index in [1.807, 2.05) is 49.4 Å². The van der Waals surface area contributed by atoms with Crippen molar-refractivity contribution in [2.45, 2.75) is 6.92 Å². The van der Waals surface area contributed by atoms with Crippen LogP contribution in [-0.4, -0.2) is 17.5 Å². The summed E-state index contributed by atoms with van der Waals surface area (Å²) in [5, 5.41) is 3.70. The van der Waals surface area contributed by atoms with Crippen LogP contribution in [0.5, 0.6) is 5.75 Å². The van der Waals surface area contributed by atoms with Crippen LogP contribution in [0.25, 0.3) is 22.6 Å². The average Bonchev–Trinajstić information content (AvgIpc) is 3.15. The Kier molecular flexibility index (Phi) is 5.86. The Morgan fingerprint density at radius 2 is 1.80 bits per heavy atom. The fourth-order valence-electron chi connectivity index (χ4n) is 2.83. The highest BCUT2D eigenvalue weighted by Gasteiger charge is 2.13. The topological polar surface area (TPSA) is 64.4 Å². The molecule has 0 atom stereocenters. The van der Waals surface area contributed by atoms with Crippen LogP contribution in [0.1, 0.15) is 5.56 Å². The molecule has 0 aliphatic heterocycles. The van der Waals surface area contributed by atoms with Gasteiger partial charge in [0, 0.05) is 17.3 Å². The van der Waals surface area contributed by atoms with E-state index in [2.05, 4.69) is 10.3 Å². The molecule has 8 heteroatoms. The molecule has 1 N–H and O–H groups in total. The maximum Gasteiger partial charge on any atom is 0.262 e.